The predicted molar refractivity (Wildman–Crippen MR) is 59.3 cm³/mol. The quantitative estimate of drug-likeness (QED) is 0.728. The number of benzene rings is 1. The summed E-state index contributed by atoms with van der Waals surface area (Å²) in [6.07, 6.45) is 0.00865. The van der Waals surface area contributed by atoms with Crippen molar-refractivity contribution in [1.82, 2.24) is 0 Å². The number of Topliss-reactive ketones (excluding diaryl/α,β-unsaturated/α-hetero) is 1. The Morgan fingerprint density at radius 2 is 2.25 bits per heavy atom. The van der Waals surface area contributed by atoms with Crippen molar-refractivity contribution in [3.05, 3.63) is 35.9 Å². The average molecular weight is 219 g/mol. The molecule has 0 bridgehead atoms. The number of ether oxygens (including phenoxy) is 1. The molecule has 0 fully saturated rings. The van der Waals surface area contributed by atoms with Crippen LogP contribution in [0.3, 0.4) is 0 Å². The smallest absolute Gasteiger partial charge is 0.232 e. The lowest BCUT2D eigenvalue weighted by Crippen LogP contribution is -2.17. The maximum absolute atomic E-state index is 11.9. The fraction of sp³-hybridized carbons (Fsp3) is 0.333. The highest BCUT2D eigenvalue weighted by Crippen LogP contribution is 2.15. The summed E-state index contributed by atoms with van der Waals surface area (Å²) >= 11 is 0. The molecule has 4 nitrogen and oxygen atoms in total. The summed E-state index contributed by atoms with van der Waals surface area (Å²) in [5.74, 6) is -0.0946. The Morgan fingerprint density at radius 1 is 1.50 bits per heavy atom. The second kappa shape index (κ2) is 4.90. The third-order valence-corrected chi connectivity index (χ3v) is 2.29. The molecule has 1 atom stereocenters. The summed E-state index contributed by atoms with van der Waals surface area (Å²) in [5.41, 5.74) is 1.05. The molecule has 1 aliphatic rings. The molecule has 0 amide bonds. The van der Waals surface area contributed by atoms with E-state index in [0.717, 1.165) is 0 Å². The maximum atomic E-state index is 11.9. The van der Waals surface area contributed by atoms with E-state index >= 15 is 0 Å². The predicted octanol–water partition coefficient (Wildman–Crippen LogP) is 2.01. The fourth-order valence-electron chi connectivity index (χ4n) is 1.52. The number of carbonyl (C=O) groups is 1. The molecule has 0 aromatic heterocycles. The van der Waals surface area contributed by atoms with Crippen molar-refractivity contribution < 1.29 is 14.4 Å². The summed E-state index contributed by atoms with van der Waals surface area (Å²) in [4.78, 5) is 16.9. The molecule has 1 aromatic rings. The first-order valence-electron chi connectivity index (χ1n) is 5.25. The highest BCUT2D eigenvalue weighted by atomic mass is 16.8. The molecule has 1 heterocycles. The van der Waals surface area contributed by atoms with Crippen molar-refractivity contribution in [1.29, 1.82) is 0 Å². The van der Waals surface area contributed by atoms with Gasteiger partial charge in [0.25, 0.3) is 0 Å². The topological polar surface area (TPSA) is 47.9 Å². The summed E-state index contributed by atoms with van der Waals surface area (Å²) in [5, 5.41) is 3.75. The van der Waals surface area contributed by atoms with Crippen LogP contribution in [0.1, 0.15) is 23.7 Å². The van der Waals surface area contributed by atoms with Crippen LogP contribution in [-0.2, 0) is 9.57 Å². The van der Waals surface area contributed by atoms with Crippen LogP contribution in [0.25, 0.3) is 0 Å². The number of carbonyl (C=O) groups excluding carboxylic acids is 1. The van der Waals surface area contributed by atoms with E-state index in [0.29, 0.717) is 24.3 Å². The minimum absolute atomic E-state index is 0.0946. The molecular weight excluding hydrogens is 206 g/mol. The van der Waals surface area contributed by atoms with Crippen molar-refractivity contribution in [2.45, 2.75) is 19.6 Å². The zero-order valence-corrected chi connectivity index (χ0v) is 9.05. The van der Waals surface area contributed by atoms with Crippen molar-refractivity contribution in [3.8, 4) is 0 Å². The second-order valence-electron chi connectivity index (χ2n) is 3.43. The van der Waals surface area contributed by atoms with Gasteiger partial charge in [0.15, 0.2) is 0 Å². The minimum atomic E-state index is -0.410. The molecule has 0 aliphatic carbocycles. The Labute approximate surface area is 93.9 Å². The van der Waals surface area contributed by atoms with E-state index < -0.39 is 6.29 Å². The van der Waals surface area contributed by atoms with Crippen LogP contribution in [0.15, 0.2) is 35.5 Å². The van der Waals surface area contributed by atoms with Crippen LogP contribution in [0.4, 0.5) is 0 Å². The standard InChI is InChI=1S/C12H13NO3/c1-2-15-11-8-10(13-16-11)12(14)9-6-4-3-5-7-9/h3-7,11H,2,8H2,1H3. The maximum Gasteiger partial charge on any atom is 0.232 e. The van der Waals surface area contributed by atoms with Gasteiger partial charge in [-0.15, -0.1) is 0 Å². The number of rotatable bonds is 4. The molecule has 16 heavy (non-hydrogen) atoms. The minimum Gasteiger partial charge on any atom is -0.363 e. The van der Waals surface area contributed by atoms with E-state index in [1.165, 1.54) is 0 Å². The monoisotopic (exact) mass is 219 g/mol. The van der Waals surface area contributed by atoms with Gasteiger partial charge in [-0.2, -0.15) is 0 Å². The van der Waals surface area contributed by atoms with Gasteiger partial charge >= 0.3 is 0 Å². The van der Waals surface area contributed by atoms with E-state index in [2.05, 4.69) is 5.16 Å². The van der Waals surface area contributed by atoms with Crippen molar-refractivity contribution >= 4 is 11.5 Å². The van der Waals surface area contributed by atoms with Gasteiger partial charge in [-0.3, -0.25) is 4.79 Å². The van der Waals surface area contributed by atoms with Gasteiger partial charge in [-0.25, -0.2) is 0 Å². The number of ketones is 1. The Bertz CT molecular complexity index is 400. The first-order chi connectivity index (χ1) is 7.81. The summed E-state index contributed by atoms with van der Waals surface area (Å²) in [6.45, 7) is 2.42. The fourth-order valence-corrected chi connectivity index (χ4v) is 1.52. The van der Waals surface area contributed by atoms with Gasteiger partial charge in [-0.1, -0.05) is 35.5 Å². The zero-order valence-electron chi connectivity index (χ0n) is 9.05. The Hall–Kier alpha value is -1.68. The van der Waals surface area contributed by atoms with E-state index in [1.54, 1.807) is 12.1 Å². The van der Waals surface area contributed by atoms with E-state index in [1.807, 2.05) is 25.1 Å². The van der Waals surface area contributed by atoms with E-state index in [9.17, 15) is 4.79 Å². The first-order valence-corrected chi connectivity index (χ1v) is 5.25. The molecular formula is C12H13NO3. The van der Waals surface area contributed by atoms with Gasteiger partial charge in [-0.05, 0) is 6.92 Å². The lowest BCUT2D eigenvalue weighted by Gasteiger charge is -2.06. The summed E-state index contributed by atoms with van der Waals surface area (Å²) < 4.78 is 5.23. The van der Waals surface area contributed by atoms with Gasteiger partial charge in [0, 0.05) is 12.2 Å². The molecule has 0 spiro atoms. The average Bonchev–Trinajstić information content (AvgIpc) is 2.78. The molecule has 1 unspecified atom stereocenters. The second-order valence-corrected chi connectivity index (χ2v) is 3.43. The molecule has 84 valence electrons. The molecule has 0 saturated heterocycles. The van der Waals surface area contributed by atoms with Crippen LogP contribution in [-0.4, -0.2) is 24.4 Å². The molecule has 0 saturated carbocycles. The van der Waals surface area contributed by atoms with Gasteiger partial charge < -0.3 is 9.57 Å². The van der Waals surface area contributed by atoms with Crippen molar-refractivity contribution in [2.24, 2.45) is 5.16 Å². The Balaban J connectivity index is 2.03. The van der Waals surface area contributed by atoms with Gasteiger partial charge in [0.1, 0.15) is 5.71 Å². The third-order valence-electron chi connectivity index (χ3n) is 2.29. The molecule has 4 heteroatoms. The molecule has 0 N–H and O–H groups in total. The highest BCUT2D eigenvalue weighted by molar-refractivity contribution is 6.46. The SMILES string of the molecule is CCOC1CC(C(=O)c2ccccc2)=NO1. The van der Waals surface area contributed by atoms with Crippen molar-refractivity contribution in [2.75, 3.05) is 6.61 Å². The lowest BCUT2D eigenvalue weighted by molar-refractivity contribution is -0.120. The summed E-state index contributed by atoms with van der Waals surface area (Å²) in [7, 11) is 0. The van der Waals surface area contributed by atoms with Gasteiger partial charge in [0.2, 0.25) is 12.1 Å². The zero-order chi connectivity index (χ0) is 11.4. The number of oxime groups is 1. The number of nitrogens with zero attached hydrogens (tertiary/aromatic N) is 1. The molecule has 0 radical (unpaired) electrons. The largest absolute Gasteiger partial charge is 0.363 e. The van der Waals surface area contributed by atoms with Crippen LogP contribution in [0.5, 0.6) is 0 Å². The van der Waals surface area contributed by atoms with Crippen LogP contribution >= 0.6 is 0 Å². The number of hydrogen-bond acceptors (Lipinski definition) is 4. The Kier molecular flexibility index (Phi) is 3.31. The first kappa shape index (κ1) is 10.8. The number of hydrogen-bond donors (Lipinski definition) is 0. The summed E-state index contributed by atoms with van der Waals surface area (Å²) in [6, 6.07) is 9.04. The molecule has 1 aliphatic heterocycles. The van der Waals surface area contributed by atoms with Crippen LogP contribution in [0, 0.1) is 0 Å². The lowest BCUT2D eigenvalue weighted by atomic mass is 10.1. The van der Waals surface area contributed by atoms with Gasteiger partial charge in [0.05, 0.1) is 6.42 Å². The van der Waals surface area contributed by atoms with E-state index in [-0.39, 0.29) is 5.78 Å². The molecule has 2 rings (SSSR count). The Morgan fingerprint density at radius 3 is 2.94 bits per heavy atom. The highest BCUT2D eigenvalue weighted by Gasteiger charge is 2.26. The normalized spacial score (nSPS) is 19.1. The van der Waals surface area contributed by atoms with Crippen molar-refractivity contribution in [3.63, 3.8) is 0 Å². The molecule has 1 aromatic carbocycles. The van der Waals surface area contributed by atoms with E-state index in [4.69, 9.17) is 9.57 Å². The van der Waals surface area contributed by atoms with Crippen LogP contribution < -0.4 is 0 Å². The van der Waals surface area contributed by atoms with Crippen LogP contribution in [0.2, 0.25) is 0 Å². The third kappa shape index (κ3) is 2.28.